The van der Waals surface area contributed by atoms with Crippen molar-refractivity contribution in [2.45, 2.75) is 26.0 Å². The van der Waals surface area contributed by atoms with Crippen LogP contribution in [0.15, 0.2) is 24.4 Å². The van der Waals surface area contributed by atoms with Crippen molar-refractivity contribution in [1.29, 1.82) is 0 Å². The standard InChI is InChI=1S/C13H18N4O2/c1-3-7-17-10(8-15-16-17)13(18)9-5-4-6-11(19-2)12(9)14/h4-6,8,13,18H,3,7,14H2,1-2H3. The van der Waals surface area contributed by atoms with Gasteiger partial charge >= 0.3 is 0 Å². The van der Waals surface area contributed by atoms with Crippen LogP contribution >= 0.6 is 0 Å². The number of hydrogen-bond acceptors (Lipinski definition) is 5. The molecular weight excluding hydrogens is 244 g/mol. The summed E-state index contributed by atoms with van der Waals surface area (Å²) < 4.78 is 6.84. The Morgan fingerprint density at radius 3 is 2.95 bits per heavy atom. The van der Waals surface area contributed by atoms with Crippen LogP contribution in [0.1, 0.15) is 30.7 Å². The zero-order valence-corrected chi connectivity index (χ0v) is 11.1. The molecule has 0 spiro atoms. The minimum Gasteiger partial charge on any atom is -0.495 e. The van der Waals surface area contributed by atoms with E-state index in [0.717, 1.165) is 6.42 Å². The van der Waals surface area contributed by atoms with Crippen molar-refractivity contribution in [3.05, 3.63) is 35.7 Å². The molecule has 0 aliphatic heterocycles. The summed E-state index contributed by atoms with van der Waals surface area (Å²) in [5.74, 6) is 0.547. The van der Waals surface area contributed by atoms with Gasteiger partial charge in [-0.05, 0) is 12.5 Å². The molecule has 102 valence electrons. The number of benzene rings is 1. The summed E-state index contributed by atoms with van der Waals surface area (Å²) in [6.45, 7) is 2.74. The average Bonchev–Trinajstić information content (AvgIpc) is 2.87. The Morgan fingerprint density at radius 1 is 1.47 bits per heavy atom. The molecule has 0 bridgehead atoms. The molecule has 2 rings (SSSR count). The molecule has 1 heterocycles. The zero-order valence-electron chi connectivity index (χ0n) is 11.1. The predicted molar refractivity (Wildman–Crippen MR) is 71.8 cm³/mol. The van der Waals surface area contributed by atoms with E-state index in [1.54, 1.807) is 36.2 Å². The van der Waals surface area contributed by atoms with Crippen molar-refractivity contribution >= 4 is 5.69 Å². The van der Waals surface area contributed by atoms with Crippen LogP contribution < -0.4 is 10.5 Å². The van der Waals surface area contributed by atoms with Crippen LogP contribution in [0.2, 0.25) is 0 Å². The number of hydrogen-bond donors (Lipinski definition) is 2. The number of aromatic nitrogens is 3. The molecule has 0 saturated carbocycles. The third-order valence-electron chi connectivity index (χ3n) is 2.98. The largest absolute Gasteiger partial charge is 0.495 e. The van der Waals surface area contributed by atoms with E-state index in [0.29, 0.717) is 29.2 Å². The molecule has 19 heavy (non-hydrogen) atoms. The Bertz CT molecular complexity index is 553. The molecule has 6 nitrogen and oxygen atoms in total. The van der Waals surface area contributed by atoms with Crippen LogP contribution in [0.4, 0.5) is 5.69 Å². The maximum atomic E-state index is 10.5. The van der Waals surface area contributed by atoms with Crippen molar-refractivity contribution in [1.82, 2.24) is 15.0 Å². The molecule has 0 amide bonds. The van der Waals surface area contributed by atoms with Gasteiger partial charge in [-0.25, -0.2) is 4.68 Å². The highest BCUT2D eigenvalue weighted by Crippen LogP contribution is 2.32. The maximum absolute atomic E-state index is 10.5. The molecule has 0 radical (unpaired) electrons. The van der Waals surface area contributed by atoms with Gasteiger partial charge in [-0.15, -0.1) is 5.10 Å². The molecule has 2 aromatic rings. The molecule has 1 aromatic carbocycles. The maximum Gasteiger partial charge on any atom is 0.142 e. The number of nitrogens with two attached hydrogens (primary N) is 1. The van der Waals surface area contributed by atoms with E-state index >= 15 is 0 Å². The van der Waals surface area contributed by atoms with Crippen LogP contribution in [-0.2, 0) is 6.54 Å². The highest BCUT2D eigenvalue weighted by Gasteiger charge is 2.20. The van der Waals surface area contributed by atoms with Gasteiger partial charge < -0.3 is 15.6 Å². The second-order valence-corrected chi connectivity index (χ2v) is 4.25. The van der Waals surface area contributed by atoms with E-state index in [2.05, 4.69) is 10.3 Å². The summed E-state index contributed by atoms with van der Waals surface area (Å²) in [6.07, 6.45) is 1.60. The molecule has 6 heteroatoms. The second-order valence-electron chi connectivity index (χ2n) is 4.25. The fourth-order valence-corrected chi connectivity index (χ4v) is 2.00. The Balaban J connectivity index is 2.38. The van der Waals surface area contributed by atoms with Gasteiger partial charge in [-0.2, -0.15) is 0 Å². The number of nitrogens with zero attached hydrogens (tertiary/aromatic N) is 3. The topological polar surface area (TPSA) is 86.2 Å². The number of para-hydroxylation sites is 1. The zero-order chi connectivity index (χ0) is 13.8. The quantitative estimate of drug-likeness (QED) is 0.794. The smallest absolute Gasteiger partial charge is 0.142 e. The monoisotopic (exact) mass is 262 g/mol. The second kappa shape index (κ2) is 5.71. The number of ether oxygens (including phenoxy) is 1. The summed E-state index contributed by atoms with van der Waals surface area (Å²) in [4.78, 5) is 0. The Hall–Kier alpha value is -2.08. The Morgan fingerprint density at radius 2 is 2.26 bits per heavy atom. The van der Waals surface area contributed by atoms with Gasteiger partial charge in [0.15, 0.2) is 0 Å². The summed E-state index contributed by atoms with van der Waals surface area (Å²) in [5.41, 5.74) is 7.64. The average molecular weight is 262 g/mol. The number of nitrogen functional groups attached to an aromatic ring is 1. The first-order valence-electron chi connectivity index (χ1n) is 6.17. The molecule has 1 aromatic heterocycles. The van der Waals surface area contributed by atoms with Crippen LogP contribution in [-0.4, -0.2) is 27.2 Å². The van der Waals surface area contributed by atoms with Crippen molar-refractivity contribution in [3.8, 4) is 5.75 Å². The predicted octanol–water partition coefficient (Wildman–Crippen LogP) is 1.36. The van der Waals surface area contributed by atoms with E-state index in [1.807, 2.05) is 6.92 Å². The first-order chi connectivity index (χ1) is 9.19. The number of rotatable bonds is 5. The SMILES string of the molecule is CCCn1nncc1C(O)c1cccc(OC)c1N. The Kier molecular flexibility index (Phi) is 4.01. The highest BCUT2D eigenvalue weighted by atomic mass is 16.5. The molecule has 3 N–H and O–H groups in total. The van der Waals surface area contributed by atoms with Crippen molar-refractivity contribution in [2.75, 3.05) is 12.8 Å². The fourth-order valence-electron chi connectivity index (χ4n) is 2.00. The fraction of sp³-hybridized carbons (Fsp3) is 0.385. The summed E-state index contributed by atoms with van der Waals surface area (Å²) in [7, 11) is 1.55. The van der Waals surface area contributed by atoms with Crippen LogP contribution in [0.3, 0.4) is 0 Å². The lowest BCUT2D eigenvalue weighted by Crippen LogP contribution is -2.12. The van der Waals surface area contributed by atoms with Gasteiger partial charge in [0.2, 0.25) is 0 Å². The lowest BCUT2D eigenvalue weighted by Gasteiger charge is -2.16. The van der Waals surface area contributed by atoms with Gasteiger partial charge in [-0.1, -0.05) is 24.3 Å². The summed E-state index contributed by atoms with van der Waals surface area (Å²) in [5, 5.41) is 18.3. The van der Waals surface area contributed by atoms with E-state index in [4.69, 9.17) is 10.5 Å². The third kappa shape index (κ3) is 2.53. The molecule has 0 saturated heterocycles. The first-order valence-corrected chi connectivity index (χ1v) is 6.17. The van der Waals surface area contributed by atoms with Crippen LogP contribution in [0.25, 0.3) is 0 Å². The molecule has 0 aliphatic carbocycles. The van der Waals surface area contributed by atoms with Gasteiger partial charge in [0.1, 0.15) is 11.9 Å². The molecular formula is C13H18N4O2. The normalized spacial score (nSPS) is 12.4. The minimum atomic E-state index is -0.864. The number of aliphatic hydroxyl groups excluding tert-OH is 1. The van der Waals surface area contributed by atoms with Crippen molar-refractivity contribution < 1.29 is 9.84 Å². The number of methoxy groups -OCH3 is 1. The lowest BCUT2D eigenvalue weighted by molar-refractivity contribution is 0.207. The van der Waals surface area contributed by atoms with E-state index < -0.39 is 6.10 Å². The first kappa shape index (κ1) is 13.4. The van der Waals surface area contributed by atoms with Crippen LogP contribution in [0.5, 0.6) is 5.75 Å². The minimum absolute atomic E-state index is 0.432. The van der Waals surface area contributed by atoms with Crippen molar-refractivity contribution in [2.24, 2.45) is 0 Å². The number of aliphatic hydroxyl groups is 1. The van der Waals surface area contributed by atoms with Crippen LogP contribution in [0, 0.1) is 0 Å². The van der Waals surface area contributed by atoms with E-state index in [-0.39, 0.29) is 0 Å². The molecule has 0 fully saturated rings. The Labute approximate surface area is 111 Å². The van der Waals surface area contributed by atoms with Crippen molar-refractivity contribution in [3.63, 3.8) is 0 Å². The molecule has 1 unspecified atom stereocenters. The number of aryl methyl sites for hydroxylation is 1. The van der Waals surface area contributed by atoms with E-state index in [9.17, 15) is 5.11 Å². The van der Waals surface area contributed by atoms with E-state index in [1.165, 1.54) is 0 Å². The summed E-state index contributed by atoms with van der Waals surface area (Å²) >= 11 is 0. The number of anilines is 1. The molecule has 0 aliphatic rings. The van der Waals surface area contributed by atoms with Gasteiger partial charge in [0.05, 0.1) is 24.7 Å². The lowest BCUT2D eigenvalue weighted by atomic mass is 10.0. The van der Waals surface area contributed by atoms with Gasteiger partial charge in [-0.3, -0.25) is 0 Å². The summed E-state index contributed by atoms with van der Waals surface area (Å²) in [6, 6.07) is 5.32. The van der Waals surface area contributed by atoms with Gasteiger partial charge in [0.25, 0.3) is 0 Å². The molecule has 1 atom stereocenters. The highest BCUT2D eigenvalue weighted by molar-refractivity contribution is 5.60. The van der Waals surface area contributed by atoms with Gasteiger partial charge in [0, 0.05) is 12.1 Å². The third-order valence-corrected chi connectivity index (χ3v) is 2.98.